The lowest BCUT2D eigenvalue weighted by molar-refractivity contribution is 0.153. The van der Waals surface area contributed by atoms with E-state index in [-0.39, 0.29) is 18.2 Å². The zero-order chi connectivity index (χ0) is 22.9. The van der Waals surface area contributed by atoms with Gasteiger partial charge in [0.2, 0.25) is 5.95 Å². The molecule has 1 fully saturated rings. The number of likely N-dealkylation sites (tertiary alicyclic amines) is 1. The molecule has 174 valence electrons. The van der Waals surface area contributed by atoms with E-state index in [1.807, 2.05) is 0 Å². The molecule has 1 saturated heterocycles. The number of ether oxygens (including phenoxy) is 2. The third-order valence-electron chi connectivity index (χ3n) is 6.94. The Morgan fingerprint density at radius 2 is 2.00 bits per heavy atom. The Morgan fingerprint density at radius 1 is 1.18 bits per heavy atom. The van der Waals surface area contributed by atoms with Crippen LogP contribution in [0.15, 0.2) is 35.1 Å². The monoisotopic (exact) mass is 450 g/mol. The van der Waals surface area contributed by atoms with E-state index in [0.717, 1.165) is 38.9 Å². The van der Waals surface area contributed by atoms with Crippen LogP contribution < -0.4 is 19.9 Å². The predicted molar refractivity (Wildman–Crippen MR) is 127 cm³/mol. The molecule has 0 spiro atoms. The van der Waals surface area contributed by atoms with E-state index in [1.165, 1.54) is 16.7 Å². The van der Waals surface area contributed by atoms with E-state index in [1.54, 1.807) is 26.4 Å². The Kier molecular flexibility index (Phi) is 5.95. The summed E-state index contributed by atoms with van der Waals surface area (Å²) in [6.07, 6.45) is 3.10. The van der Waals surface area contributed by atoms with Gasteiger partial charge >= 0.3 is 0 Å². The van der Waals surface area contributed by atoms with Gasteiger partial charge in [-0.3, -0.25) is 14.7 Å². The molecule has 1 atom stereocenters. The molecule has 8 heteroatoms. The average Bonchev–Trinajstić information content (AvgIpc) is 3.30. The number of benzene rings is 2. The van der Waals surface area contributed by atoms with E-state index in [4.69, 9.17) is 14.5 Å². The molecule has 3 heterocycles. The Bertz CT molecular complexity index is 1220. The number of hydrogen-bond acceptors (Lipinski definition) is 7. The standard InChI is InChI=1S/C25H30N4O4/c1-32-22-11-20-21(12-23(22)33-2)26-25(27-24(20)31)29-10-8-19-16(5-3-6-17(19)14-29)13-28-9-4-7-18(28)15-30/h3,5-6,11-12,18,30H,4,7-10,13-15H2,1-2H3,(H,26,27,31)/t18-/m0/s1. The molecule has 0 bridgehead atoms. The number of aliphatic hydroxyl groups is 1. The van der Waals surface area contributed by atoms with Gasteiger partial charge in [-0.25, -0.2) is 4.98 Å². The van der Waals surface area contributed by atoms with Crippen molar-refractivity contribution in [1.82, 2.24) is 14.9 Å². The maximum atomic E-state index is 12.8. The SMILES string of the molecule is COc1cc2nc(N3CCc4c(cccc4CN4CCC[C@H]4CO)C3)[nH]c(=O)c2cc1OC. The molecule has 2 aliphatic rings. The molecule has 0 saturated carbocycles. The Balaban J connectivity index is 1.43. The molecular weight excluding hydrogens is 420 g/mol. The average molecular weight is 451 g/mol. The first-order chi connectivity index (χ1) is 16.1. The molecule has 2 aliphatic heterocycles. The lowest BCUT2D eigenvalue weighted by Crippen LogP contribution is -2.35. The second-order valence-electron chi connectivity index (χ2n) is 8.79. The van der Waals surface area contributed by atoms with Crippen LogP contribution in [-0.4, -0.2) is 59.9 Å². The number of methoxy groups -OCH3 is 2. The zero-order valence-corrected chi connectivity index (χ0v) is 19.1. The van der Waals surface area contributed by atoms with E-state index in [0.29, 0.717) is 34.9 Å². The van der Waals surface area contributed by atoms with Crippen molar-refractivity contribution in [3.8, 4) is 11.5 Å². The fourth-order valence-corrected chi connectivity index (χ4v) is 5.15. The molecular formula is C25H30N4O4. The maximum absolute atomic E-state index is 12.8. The van der Waals surface area contributed by atoms with Gasteiger partial charge in [0, 0.05) is 31.7 Å². The summed E-state index contributed by atoms with van der Waals surface area (Å²) in [6, 6.07) is 10.2. The van der Waals surface area contributed by atoms with Crippen LogP contribution in [-0.2, 0) is 19.5 Å². The Morgan fingerprint density at radius 3 is 2.79 bits per heavy atom. The number of aliphatic hydroxyl groups excluding tert-OH is 1. The predicted octanol–water partition coefficient (Wildman–Crippen LogP) is 2.46. The number of nitrogens with one attached hydrogen (secondary N) is 1. The largest absolute Gasteiger partial charge is 0.493 e. The van der Waals surface area contributed by atoms with E-state index < -0.39 is 0 Å². The van der Waals surface area contributed by atoms with Crippen molar-refractivity contribution >= 4 is 16.9 Å². The highest BCUT2D eigenvalue weighted by molar-refractivity contribution is 5.82. The smallest absolute Gasteiger partial charge is 0.260 e. The van der Waals surface area contributed by atoms with Gasteiger partial charge in [0.05, 0.1) is 31.7 Å². The first kappa shape index (κ1) is 21.7. The Hall–Kier alpha value is -3.10. The molecule has 1 aromatic heterocycles. The van der Waals surface area contributed by atoms with Crippen molar-refractivity contribution in [3.63, 3.8) is 0 Å². The first-order valence-corrected chi connectivity index (χ1v) is 11.5. The number of nitrogens with zero attached hydrogens (tertiary/aromatic N) is 3. The number of aromatic amines is 1. The number of H-pyrrole nitrogens is 1. The number of anilines is 1. The van der Waals surface area contributed by atoms with Crippen LogP contribution in [0.25, 0.3) is 10.9 Å². The topological polar surface area (TPSA) is 90.9 Å². The molecule has 0 amide bonds. The fourth-order valence-electron chi connectivity index (χ4n) is 5.15. The zero-order valence-electron chi connectivity index (χ0n) is 19.1. The summed E-state index contributed by atoms with van der Waals surface area (Å²) >= 11 is 0. The quantitative estimate of drug-likeness (QED) is 0.596. The van der Waals surface area contributed by atoms with E-state index >= 15 is 0 Å². The second kappa shape index (κ2) is 9.03. The summed E-state index contributed by atoms with van der Waals surface area (Å²) in [4.78, 5) is 25.0. The second-order valence-corrected chi connectivity index (χ2v) is 8.79. The van der Waals surface area contributed by atoms with Crippen LogP contribution in [0.2, 0.25) is 0 Å². The molecule has 33 heavy (non-hydrogen) atoms. The summed E-state index contributed by atoms with van der Waals surface area (Å²) in [5.41, 5.74) is 4.36. The van der Waals surface area contributed by atoms with Gasteiger partial charge in [-0.1, -0.05) is 18.2 Å². The van der Waals surface area contributed by atoms with Gasteiger partial charge in [-0.2, -0.15) is 0 Å². The summed E-state index contributed by atoms with van der Waals surface area (Å²) in [5, 5.41) is 10.1. The van der Waals surface area contributed by atoms with Crippen molar-refractivity contribution in [1.29, 1.82) is 0 Å². The fraction of sp³-hybridized carbons (Fsp3) is 0.440. The third-order valence-corrected chi connectivity index (χ3v) is 6.94. The van der Waals surface area contributed by atoms with Gasteiger partial charge in [-0.05, 0) is 48.6 Å². The summed E-state index contributed by atoms with van der Waals surface area (Å²) in [7, 11) is 3.12. The van der Waals surface area contributed by atoms with Crippen molar-refractivity contribution in [3.05, 3.63) is 57.4 Å². The molecule has 0 unspecified atom stereocenters. The van der Waals surface area contributed by atoms with Crippen LogP contribution >= 0.6 is 0 Å². The summed E-state index contributed by atoms with van der Waals surface area (Å²) in [5.74, 6) is 1.62. The van der Waals surface area contributed by atoms with Gasteiger partial charge in [-0.15, -0.1) is 0 Å². The molecule has 2 aromatic carbocycles. The van der Waals surface area contributed by atoms with Crippen LogP contribution in [0, 0.1) is 0 Å². The van der Waals surface area contributed by atoms with Gasteiger partial charge in [0.25, 0.3) is 5.56 Å². The number of hydrogen-bond donors (Lipinski definition) is 2. The highest BCUT2D eigenvalue weighted by atomic mass is 16.5. The van der Waals surface area contributed by atoms with Gasteiger partial charge < -0.3 is 19.5 Å². The first-order valence-electron chi connectivity index (χ1n) is 11.5. The van der Waals surface area contributed by atoms with Crippen molar-refractivity contribution in [2.45, 2.75) is 38.4 Å². The molecule has 8 nitrogen and oxygen atoms in total. The molecule has 5 rings (SSSR count). The number of fused-ring (bicyclic) bond motifs is 2. The lowest BCUT2D eigenvalue weighted by Gasteiger charge is -2.32. The van der Waals surface area contributed by atoms with Gasteiger partial charge in [0.15, 0.2) is 11.5 Å². The Labute approximate surface area is 192 Å². The minimum absolute atomic E-state index is 0.195. The molecule has 0 aliphatic carbocycles. The normalized spacial score (nSPS) is 18.5. The van der Waals surface area contributed by atoms with Gasteiger partial charge in [0.1, 0.15) is 0 Å². The van der Waals surface area contributed by atoms with Crippen molar-refractivity contribution in [2.75, 3.05) is 38.8 Å². The summed E-state index contributed by atoms with van der Waals surface area (Å²) < 4.78 is 10.7. The number of rotatable bonds is 6. The van der Waals surface area contributed by atoms with Crippen LogP contribution in [0.3, 0.4) is 0 Å². The third kappa shape index (κ3) is 4.05. The van der Waals surface area contributed by atoms with Crippen molar-refractivity contribution < 1.29 is 14.6 Å². The van der Waals surface area contributed by atoms with Crippen LogP contribution in [0.1, 0.15) is 29.5 Å². The van der Waals surface area contributed by atoms with Crippen LogP contribution in [0.4, 0.5) is 5.95 Å². The molecule has 3 aromatic rings. The van der Waals surface area contributed by atoms with E-state index in [2.05, 4.69) is 33.0 Å². The molecule has 0 radical (unpaired) electrons. The highest BCUT2D eigenvalue weighted by Gasteiger charge is 2.26. The lowest BCUT2D eigenvalue weighted by atomic mass is 9.94. The summed E-state index contributed by atoms with van der Waals surface area (Å²) in [6.45, 7) is 3.60. The van der Waals surface area contributed by atoms with E-state index in [9.17, 15) is 9.90 Å². The molecule has 2 N–H and O–H groups in total. The minimum Gasteiger partial charge on any atom is -0.493 e. The van der Waals surface area contributed by atoms with Crippen molar-refractivity contribution in [2.24, 2.45) is 0 Å². The maximum Gasteiger partial charge on any atom is 0.260 e. The number of aromatic nitrogens is 2. The van der Waals surface area contributed by atoms with Crippen LogP contribution in [0.5, 0.6) is 11.5 Å². The highest BCUT2D eigenvalue weighted by Crippen LogP contribution is 2.32. The minimum atomic E-state index is -0.195.